The van der Waals surface area contributed by atoms with E-state index in [1.54, 1.807) is 32.0 Å². The number of esters is 1. The van der Waals surface area contributed by atoms with Crippen molar-refractivity contribution in [2.75, 3.05) is 19.9 Å². The van der Waals surface area contributed by atoms with E-state index in [1.165, 1.54) is 6.92 Å². The Labute approximate surface area is 174 Å². The van der Waals surface area contributed by atoms with Crippen LogP contribution in [0, 0.1) is 13.8 Å². The van der Waals surface area contributed by atoms with Crippen LogP contribution in [0.1, 0.15) is 34.2 Å². The van der Waals surface area contributed by atoms with Crippen LogP contribution in [0.4, 0.5) is 0 Å². The van der Waals surface area contributed by atoms with E-state index in [0.29, 0.717) is 17.2 Å². The van der Waals surface area contributed by atoms with Crippen LogP contribution in [0.2, 0.25) is 0 Å². The number of hydrogen-bond donors (Lipinski definition) is 3. The van der Waals surface area contributed by atoms with Crippen LogP contribution >= 0.6 is 0 Å². The van der Waals surface area contributed by atoms with Gasteiger partial charge in [0.15, 0.2) is 11.5 Å². The Morgan fingerprint density at radius 1 is 1.17 bits per heavy atom. The molecule has 1 aromatic heterocycles. The number of aromatic amines is 1. The number of fused-ring (bicyclic) bond motifs is 1. The summed E-state index contributed by atoms with van der Waals surface area (Å²) in [5.41, 5.74) is 1.36. The van der Waals surface area contributed by atoms with Crippen LogP contribution in [0.25, 0.3) is 0 Å². The van der Waals surface area contributed by atoms with Gasteiger partial charge in [-0.25, -0.2) is 17.9 Å². The van der Waals surface area contributed by atoms with Crippen molar-refractivity contribution in [1.82, 2.24) is 15.0 Å². The second kappa shape index (κ2) is 8.76. The molecule has 3 rings (SSSR count). The molecular weight excluding hydrogens is 414 g/mol. The van der Waals surface area contributed by atoms with Crippen molar-refractivity contribution in [1.29, 1.82) is 0 Å². The van der Waals surface area contributed by atoms with Crippen LogP contribution < -0.4 is 19.5 Å². The van der Waals surface area contributed by atoms with Crippen molar-refractivity contribution in [2.24, 2.45) is 0 Å². The fourth-order valence-corrected chi connectivity index (χ4v) is 4.51. The Bertz CT molecular complexity index is 1080. The second-order valence-electron chi connectivity index (χ2n) is 6.59. The molecule has 1 aliphatic heterocycles. The Balaban J connectivity index is 1.63. The topological polar surface area (TPSA) is 136 Å². The van der Waals surface area contributed by atoms with E-state index in [2.05, 4.69) is 15.0 Å². The van der Waals surface area contributed by atoms with E-state index < -0.39 is 28.4 Å². The first-order valence-electron chi connectivity index (χ1n) is 9.24. The molecule has 10 nitrogen and oxygen atoms in total. The number of sulfonamides is 1. The summed E-state index contributed by atoms with van der Waals surface area (Å²) in [7, 11) is -4.13. The summed E-state index contributed by atoms with van der Waals surface area (Å²) in [6, 6.07) is 5.25. The van der Waals surface area contributed by atoms with Gasteiger partial charge in [0, 0.05) is 17.9 Å². The monoisotopic (exact) mass is 437 g/mol. The zero-order chi connectivity index (χ0) is 21.9. The van der Waals surface area contributed by atoms with E-state index in [9.17, 15) is 18.0 Å². The molecule has 2 aromatic rings. The minimum atomic E-state index is -4.13. The molecule has 0 fully saturated rings. The molecule has 0 saturated carbocycles. The van der Waals surface area contributed by atoms with Crippen LogP contribution in [0.5, 0.6) is 11.5 Å². The number of H-pyrrole nitrogens is 1. The summed E-state index contributed by atoms with van der Waals surface area (Å²) in [6.07, 6.45) is 0. The van der Waals surface area contributed by atoms with E-state index in [-0.39, 0.29) is 36.1 Å². The highest BCUT2D eigenvalue weighted by Crippen LogP contribution is 2.32. The lowest BCUT2D eigenvalue weighted by molar-refractivity contribution is -0.120. The van der Waals surface area contributed by atoms with Gasteiger partial charge in [0.2, 0.25) is 22.7 Å². The molecule has 0 bridgehead atoms. The highest BCUT2D eigenvalue weighted by molar-refractivity contribution is 7.89. The highest BCUT2D eigenvalue weighted by Gasteiger charge is 2.30. The molecule has 2 heterocycles. The van der Waals surface area contributed by atoms with Gasteiger partial charge in [0.1, 0.15) is 10.5 Å². The van der Waals surface area contributed by atoms with Crippen molar-refractivity contribution in [3.63, 3.8) is 0 Å². The molecular formula is C19H23N3O7S. The number of aryl methyl sites for hydroxylation is 2. The maximum atomic E-state index is 12.8. The maximum absolute atomic E-state index is 12.8. The molecule has 1 aliphatic rings. The molecule has 0 radical (unpaired) electrons. The molecule has 1 aromatic carbocycles. The Kier molecular flexibility index (Phi) is 6.32. The van der Waals surface area contributed by atoms with Crippen molar-refractivity contribution in [3.8, 4) is 11.5 Å². The quantitative estimate of drug-likeness (QED) is 0.527. The number of carbonyl (C=O) groups is 2. The zero-order valence-corrected chi connectivity index (χ0v) is 17.6. The first-order valence-corrected chi connectivity index (χ1v) is 10.7. The molecule has 162 valence electrons. The lowest BCUT2D eigenvalue weighted by Crippen LogP contribution is -2.37. The predicted molar refractivity (Wildman–Crippen MR) is 106 cm³/mol. The first-order chi connectivity index (χ1) is 14.2. The largest absolute Gasteiger partial charge is 0.462 e. The van der Waals surface area contributed by atoms with Crippen molar-refractivity contribution in [2.45, 2.75) is 32.2 Å². The van der Waals surface area contributed by atoms with Gasteiger partial charge in [-0.05, 0) is 38.5 Å². The van der Waals surface area contributed by atoms with Gasteiger partial charge in [0.25, 0.3) is 0 Å². The van der Waals surface area contributed by atoms with Crippen molar-refractivity contribution in [3.05, 3.63) is 40.7 Å². The molecule has 0 unspecified atom stereocenters. The maximum Gasteiger partial charge on any atom is 0.341 e. The van der Waals surface area contributed by atoms with Crippen LogP contribution in [0.3, 0.4) is 0 Å². The van der Waals surface area contributed by atoms with E-state index in [4.69, 9.17) is 14.2 Å². The number of amides is 1. The summed E-state index contributed by atoms with van der Waals surface area (Å²) >= 11 is 0. The highest BCUT2D eigenvalue weighted by atomic mass is 32.2. The van der Waals surface area contributed by atoms with E-state index in [1.807, 2.05) is 0 Å². The predicted octanol–water partition coefficient (Wildman–Crippen LogP) is 1.13. The molecule has 11 heteroatoms. The van der Waals surface area contributed by atoms with E-state index in [0.717, 1.165) is 5.56 Å². The van der Waals surface area contributed by atoms with Gasteiger partial charge in [-0.15, -0.1) is 0 Å². The van der Waals surface area contributed by atoms with Gasteiger partial charge in [-0.3, -0.25) is 4.79 Å². The molecule has 1 amide bonds. The molecule has 0 spiro atoms. The molecule has 0 saturated heterocycles. The number of nitrogens with one attached hydrogen (secondary N) is 3. The Morgan fingerprint density at radius 2 is 1.90 bits per heavy atom. The number of ether oxygens (including phenoxy) is 3. The summed E-state index contributed by atoms with van der Waals surface area (Å²) < 4.78 is 43.2. The van der Waals surface area contributed by atoms with Crippen molar-refractivity contribution < 1.29 is 32.2 Å². The van der Waals surface area contributed by atoms with Gasteiger partial charge in [-0.2, -0.15) is 0 Å². The number of carbonyl (C=O) groups excluding carboxylic acids is 2. The van der Waals surface area contributed by atoms with Gasteiger partial charge < -0.3 is 24.5 Å². The van der Waals surface area contributed by atoms with Gasteiger partial charge >= 0.3 is 5.97 Å². The summed E-state index contributed by atoms with van der Waals surface area (Å²) in [6.45, 7) is 4.70. The van der Waals surface area contributed by atoms with Crippen molar-refractivity contribution >= 4 is 21.9 Å². The first kappa shape index (κ1) is 21.7. The molecule has 0 aliphatic carbocycles. The van der Waals surface area contributed by atoms with Gasteiger partial charge in [0.05, 0.1) is 13.2 Å². The zero-order valence-electron chi connectivity index (χ0n) is 16.8. The number of rotatable bonds is 8. The average Bonchev–Trinajstić information content (AvgIpc) is 3.28. The third kappa shape index (κ3) is 4.57. The van der Waals surface area contributed by atoms with Crippen LogP contribution in [-0.4, -0.2) is 45.2 Å². The minimum absolute atomic E-state index is 0.0670. The second-order valence-corrected chi connectivity index (χ2v) is 8.29. The average molecular weight is 437 g/mol. The minimum Gasteiger partial charge on any atom is -0.462 e. The number of aromatic nitrogens is 1. The summed E-state index contributed by atoms with van der Waals surface area (Å²) in [4.78, 5) is 27.0. The Hall–Kier alpha value is -3.05. The molecule has 3 N–H and O–H groups in total. The molecule has 0 atom stereocenters. The lowest BCUT2D eigenvalue weighted by atomic mass is 10.2. The Morgan fingerprint density at radius 3 is 2.63 bits per heavy atom. The SMILES string of the molecule is CCOC(=O)c1c(C)[nH]c(C)c1S(=O)(=O)NCC(=O)NCc1ccc2c(c1)OCO2. The third-order valence-corrected chi connectivity index (χ3v) is 5.99. The summed E-state index contributed by atoms with van der Waals surface area (Å²) in [5.74, 6) is -0.0505. The standard InChI is InChI=1S/C19H23N3O7S/c1-4-27-19(24)17-11(2)22-12(3)18(17)30(25,26)21-9-16(23)20-8-13-5-6-14-15(7-13)29-10-28-14/h5-7,21-22H,4,8-10H2,1-3H3,(H,20,23). The summed E-state index contributed by atoms with van der Waals surface area (Å²) in [5, 5.41) is 2.63. The molecule has 30 heavy (non-hydrogen) atoms. The lowest BCUT2D eigenvalue weighted by Gasteiger charge is -2.10. The van der Waals surface area contributed by atoms with Crippen LogP contribution in [0.15, 0.2) is 23.1 Å². The van der Waals surface area contributed by atoms with Crippen LogP contribution in [-0.2, 0) is 26.1 Å². The van der Waals surface area contributed by atoms with E-state index >= 15 is 0 Å². The third-order valence-electron chi connectivity index (χ3n) is 4.42. The fourth-order valence-electron chi connectivity index (χ4n) is 3.09. The number of benzene rings is 1. The normalized spacial score (nSPS) is 12.6. The smallest absolute Gasteiger partial charge is 0.341 e. The fraction of sp³-hybridized carbons (Fsp3) is 0.368. The van der Waals surface area contributed by atoms with Gasteiger partial charge in [-0.1, -0.05) is 6.07 Å². The number of hydrogen-bond acceptors (Lipinski definition) is 7.